The van der Waals surface area contributed by atoms with Crippen molar-refractivity contribution in [1.29, 1.82) is 0 Å². The summed E-state index contributed by atoms with van der Waals surface area (Å²) in [5.74, 6) is -0.168. The summed E-state index contributed by atoms with van der Waals surface area (Å²) in [5, 5.41) is 19.0. The Balaban J connectivity index is 2.68. The van der Waals surface area contributed by atoms with Crippen molar-refractivity contribution in [3.63, 3.8) is 0 Å². The lowest BCUT2D eigenvalue weighted by Crippen LogP contribution is -2.26. The summed E-state index contributed by atoms with van der Waals surface area (Å²) in [7, 11) is 0. The number of carbonyl (C=O) groups is 1. The lowest BCUT2D eigenvalue weighted by molar-refractivity contribution is 0.0949. The van der Waals surface area contributed by atoms with Gasteiger partial charge in [0.05, 0.1) is 17.0 Å². The number of nitrogens with zero attached hydrogens (tertiary/aromatic N) is 2. The summed E-state index contributed by atoms with van der Waals surface area (Å²) < 4.78 is 0. The van der Waals surface area contributed by atoms with Gasteiger partial charge in [0.15, 0.2) is 0 Å². The van der Waals surface area contributed by atoms with Crippen LogP contribution in [0.2, 0.25) is 0 Å². The predicted molar refractivity (Wildman–Crippen MR) is 55.5 cm³/mol. The van der Waals surface area contributed by atoms with E-state index in [1.165, 1.54) is 0 Å². The summed E-state index contributed by atoms with van der Waals surface area (Å²) in [6, 6.07) is 1.70. The van der Waals surface area contributed by atoms with Crippen molar-refractivity contribution in [2.45, 2.75) is 20.3 Å². The Labute approximate surface area is 88.5 Å². The highest BCUT2D eigenvalue weighted by Crippen LogP contribution is 2.04. The largest absolute Gasteiger partial charge is 0.396 e. The van der Waals surface area contributed by atoms with E-state index in [1.807, 2.05) is 0 Å². The number of hydrogen-bond acceptors (Lipinski definition) is 4. The molecule has 1 rings (SSSR count). The second kappa shape index (κ2) is 5.41. The number of nitrogens with one attached hydrogen (secondary N) is 1. The Morgan fingerprint density at radius 2 is 2.20 bits per heavy atom. The van der Waals surface area contributed by atoms with Crippen molar-refractivity contribution in [3.8, 4) is 0 Å². The van der Waals surface area contributed by atoms with Crippen LogP contribution in [0.1, 0.15) is 28.2 Å². The minimum atomic E-state index is -0.168. The second-order valence-electron chi connectivity index (χ2n) is 3.32. The molecule has 0 aromatic carbocycles. The molecule has 5 nitrogen and oxygen atoms in total. The Morgan fingerprint density at radius 3 is 2.87 bits per heavy atom. The van der Waals surface area contributed by atoms with Crippen molar-refractivity contribution in [1.82, 2.24) is 15.5 Å². The first-order chi connectivity index (χ1) is 7.15. The number of aliphatic hydroxyl groups is 1. The molecule has 0 bridgehead atoms. The lowest BCUT2D eigenvalue weighted by Gasteiger charge is -2.06. The molecule has 1 aromatic rings. The molecule has 0 unspecified atom stereocenters. The van der Waals surface area contributed by atoms with Crippen molar-refractivity contribution in [2.24, 2.45) is 0 Å². The number of hydrogen-bond donors (Lipinski definition) is 2. The molecule has 0 spiro atoms. The molecule has 0 saturated carbocycles. The molecule has 0 aliphatic carbocycles. The van der Waals surface area contributed by atoms with E-state index in [9.17, 15) is 4.79 Å². The van der Waals surface area contributed by atoms with Gasteiger partial charge >= 0.3 is 0 Å². The first-order valence-electron chi connectivity index (χ1n) is 4.85. The van der Waals surface area contributed by atoms with Crippen LogP contribution >= 0.6 is 0 Å². The van der Waals surface area contributed by atoms with Gasteiger partial charge in [-0.1, -0.05) is 0 Å². The zero-order valence-corrected chi connectivity index (χ0v) is 8.95. The van der Waals surface area contributed by atoms with Crippen LogP contribution in [0.4, 0.5) is 0 Å². The third-order valence-electron chi connectivity index (χ3n) is 1.97. The van der Waals surface area contributed by atoms with Crippen molar-refractivity contribution in [2.75, 3.05) is 13.2 Å². The molecule has 1 heterocycles. The minimum Gasteiger partial charge on any atom is -0.396 e. The summed E-state index contributed by atoms with van der Waals surface area (Å²) in [4.78, 5) is 11.6. The van der Waals surface area contributed by atoms with Crippen LogP contribution in [0.15, 0.2) is 6.07 Å². The van der Waals surface area contributed by atoms with E-state index >= 15 is 0 Å². The number of rotatable bonds is 4. The summed E-state index contributed by atoms with van der Waals surface area (Å²) in [5.41, 5.74) is 1.87. The maximum atomic E-state index is 11.6. The molecular weight excluding hydrogens is 194 g/mol. The van der Waals surface area contributed by atoms with E-state index < -0.39 is 0 Å². The third kappa shape index (κ3) is 3.28. The standard InChI is InChI=1S/C10H15N3O2/c1-7-6-9(8(2)13-12-7)10(15)11-4-3-5-14/h6,14H,3-5H2,1-2H3,(H,11,15). The quantitative estimate of drug-likeness (QED) is 0.695. The van der Waals surface area contributed by atoms with Gasteiger partial charge < -0.3 is 10.4 Å². The smallest absolute Gasteiger partial charge is 0.253 e. The number of aryl methyl sites for hydroxylation is 2. The fraction of sp³-hybridized carbons (Fsp3) is 0.500. The second-order valence-corrected chi connectivity index (χ2v) is 3.32. The number of aliphatic hydroxyl groups excluding tert-OH is 1. The monoisotopic (exact) mass is 209 g/mol. The lowest BCUT2D eigenvalue weighted by atomic mass is 10.2. The molecule has 1 aromatic heterocycles. The first-order valence-corrected chi connectivity index (χ1v) is 4.85. The van der Waals surface area contributed by atoms with Crippen LogP contribution in [0.5, 0.6) is 0 Å². The molecule has 0 fully saturated rings. The van der Waals surface area contributed by atoms with Gasteiger partial charge in [0.1, 0.15) is 0 Å². The molecule has 15 heavy (non-hydrogen) atoms. The average molecular weight is 209 g/mol. The molecule has 0 aliphatic rings. The van der Waals surface area contributed by atoms with Gasteiger partial charge in [-0.15, -0.1) is 0 Å². The van der Waals surface area contributed by atoms with Gasteiger partial charge in [0.25, 0.3) is 5.91 Å². The predicted octanol–water partition coefficient (Wildman–Crippen LogP) is 0.206. The highest BCUT2D eigenvalue weighted by molar-refractivity contribution is 5.95. The average Bonchev–Trinajstić information content (AvgIpc) is 2.22. The van der Waals surface area contributed by atoms with Crippen LogP contribution < -0.4 is 5.32 Å². The van der Waals surface area contributed by atoms with Gasteiger partial charge in [-0.3, -0.25) is 4.79 Å². The van der Waals surface area contributed by atoms with E-state index in [0.29, 0.717) is 29.9 Å². The van der Waals surface area contributed by atoms with E-state index in [2.05, 4.69) is 15.5 Å². The van der Waals surface area contributed by atoms with Crippen LogP contribution in [0.3, 0.4) is 0 Å². The SMILES string of the molecule is Cc1cc(C(=O)NCCCO)c(C)nn1. The summed E-state index contributed by atoms with van der Waals surface area (Å²) >= 11 is 0. The summed E-state index contributed by atoms with van der Waals surface area (Å²) in [6.45, 7) is 4.08. The van der Waals surface area contributed by atoms with Crippen LogP contribution in [-0.2, 0) is 0 Å². The Kier molecular flexibility index (Phi) is 4.17. The minimum absolute atomic E-state index is 0.0763. The van der Waals surface area contributed by atoms with E-state index in [4.69, 9.17) is 5.11 Å². The summed E-state index contributed by atoms with van der Waals surface area (Å²) in [6.07, 6.45) is 0.558. The Bertz CT molecular complexity index is 353. The van der Waals surface area contributed by atoms with Crippen molar-refractivity contribution in [3.05, 3.63) is 23.0 Å². The van der Waals surface area contributed by atoms with E-state index in [0.717, 1.165) is 0 Å². The van der Waals surface area contributed by atoms with Gasteiger partial charge in [-0.05, 0) is 26.3 Å². The molecule has 2 N–H and O–H groups in total. The fourth-order valence-electron chi connectivity index (χ4n) is 1.16. The number of aromatic nitrogens is 2. The van der Waals surface area contributed by atoms with Crippen molar-refractivity contribution < 1.29 is 9.90 Å². The van der Waals surface area contributed by atoms with E-state index in [-0.39, 0.29) is 12.5 Å². The molecule has 5 heteroatoms. The highest BCUT2D eigenvalue weighted by atomic mass is 16.3. The molecule has 82 valence electrons. The van der Waals surface area contributed by atoms with Gasteiger partial charge in [-0.2, -0.15) is 10.2 Å². The molecule has 0 saturated heterocycles. The molecule has 0 atom stereocenters. The molecule has 1 amide bonds. The van der Waals surface area contributed by atoms with Gasteiger partial charge in [0.2, 0.25) is 0 Å². The number of amides is 1. The topological polar surface area (TPSA) is 75.1 Å². The highest BCUT2D eigenvalue weighted by Gasteiger charge is 2.09. The normalized spacial score (nSPS) is 10.1. The first kappa shape index (κ1) is 11.6. The zero-order valence-electron chi connectivity index (χ0n) is 8.95. The number of carbonyl (C=O) groups excluding carboxylic acids is 1. The third-order valence-corrected chi connectivity index (χ3v) is 1.97. The van der Waals surface area contributed by atoms with Crippen LogP contribution in [-0.4, -0.2) is 34.4 Å². The van der Waals surface area contributed by atoms with E-state index in [1.54, 1.807) is 19.9 Å². The van der Waals surface area contributed by atoms with Gasteiger partial charge in [0, 0.05) is 13.2 Å². The maximum absolute atomic E-state index is 11.6. The molecular formula is C10H15N3O2. The fourth-order valence-corrected chi connectivity index (χ4v) is 1.16. The van der Waals surface area contributed by atoms with Gasteiger partial charge in [-0.25, -0.2) is 0 Å². The molecule has 0 radical (unpaired) electrons. The maximum Gasteiger partial charge on any atom is 0.253 e. The van der Waals surface area contributed by atoms with Crippen molar-refractivity contribution >= 4 is 5.91 Å². The van der Waals surface area contributed by atoms with Crippen LogP contribution in [0, 0.1) is 13.8 Å². The van der Waals surface area contributed by atoms with Crippen LogP contribution in [0.25, 0.3) is 0 Å². The molecule has 0 aliphatic heterocycles. The Morgan fingerprint density at radius 1 is 1.47 bits per heavy atom. The zero-order chi connectivity index (χ0) is 11.3. The Hall–Kier alpha value is -1.49.